The summed E-state index contributed by atoms with van der Waals surface area (Å²) < 4.78 is 53.1. The lowest BCUT2D eigenvalue weighted by molar-refractivity contribution is 0.486. The molecule has 0 aliphatic carbocycles. The number of nitrogens with one attached hydrogen (secondary N) is 1. The van der Waals surface area contributed by atoms with Crippen LogP contribution in [0.1, 0.15) is 0 Å². The van der Waals surface area contributed by atoms with Gasteiger partial charge in [-0.15, -0.1) is 0 Å². The lowest BCUT2D eigenvalue weighted by Gasteiger charge is -2.10. The maximum absolute atomic E-state index is 13.6. The van der Waals surface area contributed by atoms with Crippen molar-refractivity contribution in [3.63, 3.8) is 0 Å². The molecule has 3 N–H and O–H groups in total. The Balaban J connectivity index is 2.45. The first kappa shape index (κ1) is 15.8. The van der Waals surface area contributed by atoms with E-state index in [1.807, 2.05) is 0 Å². The van der Waals surface area contributed by atoms with Crippen molar-refractivity contribution >= 4 is 44.6 Å². The molecule has 0 aromatic heterocycles. The van der Waals surface area contributed by atoms with Crippen LogP contribution >= 0.6 is 23.2 Å². The van der Waals surface area contributed by atoms with E-state index in [1.165, 1.54) is 18.2 Å². The van der Waals surface area contributed by atoms with Gasteiger partial charge in [0.2, 0.25) is 0 Å². The largest absolute Gasteiger partial charge is 0.399 e. The summed E-state index contributed by atoms with van der Waals surface area (Å²) in [4.78, 5) is -0.897. The molecule has 0 amide bonds. The minimum Gasteiger partial charge on any atom is -0.399 e. The third-order valence-electron chi connectivity index (χ3n) is 2.48. The predicted molar refractivity (Wildman–Crippen MR) is 78.0 cm³/mol. The van der Waals surface area contributed by atoms with Crippen molar-refractivity contribution in [1.82, 2.24) is 0 Å². The maximum Gasteiger partial charge on any atom is 0.265 e. The number of rotatable bonds is 3. The second-order valence-corrected chi connectivity index (χ2v) is 6.51. The number of anilines is 2. The Kier molecular flexibility index (Phi) is 4.27. The fraction of sp³-hybridized carbons (Fsp3) is 0. The minimum atomic E-state index is -4.37. The van der Waals surface area contributed by atoms with Gasteiger partial charge in [0.05, 0.1) is 15.7 Å². The van der Waals surface area contributed by atoms with E-state index < -0.39 is 26.6 Å². The van der Waals surface area contributed by atoms with Crippen LogP contribution in [0.2, 0.25) is 10.0 Å². The van der Waals surface area contributed by atoms with Gasteiger partial charge in [0.15, 0.2) is 11.6 Å². The van der Waals surface area contributed by atoms with Crippen LogP contribution in [-0.2, 0) is 10.0 Å². The summed E-state index contributed by atoms with van der Waals surface area (Å²) in [7, 11) is -4.37. The molecule has 9 heteroatoms. The Morgan fingerprint density at radius 3 is 2.33 bits per heavy atom. The van der Waals surface area contributed by atoms with Gasteiger partial charge in [-0.2, -0.15) is 0 Å². The van der Waals surface area contributed by atoms with E-state index in [0.717, 1.165) is 6.07 Å². The molecule has 0 bridgehead atoms. The molecule has 21 heavy (non-hydrogen) atoms. The van der Waals surface area contributed by atoms with Gasteiger partial charge in [-0.25, -0.2) is 17.2 Å². The van der Waals surface area contributed by atoms with Gasteiger partial charge in [-0.3, -0.25) is 4.72 Å². The average Bonchev–Trinajstić information content (AvgIpc) is 2.37. The van der Waals surface area contributed by atoms with Crippen molar-refractivity contribution in [2.24, 2.45) is 0 Å². The minimum absolute atomic E-state index is 0.0478. The number of halogens is 4. The summed E-state index contributed by atoms with van der Waals surface area (Å²) in [6.07, 6.45) is 0. The molecular weight excluding hydrogens is 345 g/mol. The van der Waals surface area contributed by atoms with E-state index >= 15 is 0 Å². The molecular formula is C12H8Cl2F2N2O2S. The summed E-state index contributed by atoms with van der Waals surface area (Å²) in [6.45, 7) is 0. The summed E-state index contributed by atoms with van der Waals surface area (Å²) in [6, 6.07) is 5.43. The first-order valence-electron chi connectivity index (χ1n) is 5.43. The van der Waals surface area contributed by atoms with Gasteiger partial charge in [0.1, 0.15) is 4.90 Å². The summed E-state index contributed by atoms with van der Waals surface area (Å²) >= 11 is 11.4. The molecule has 2 aromatic rings. The Morgan fingerprint density at radius 1 is 1.05 bits per heavy atom. The fourth-order valence-corrected chi connectivity index (χ4v) is 3.02. The summed E-state index contributed by atoms with van der Waals surface area (Å²) in [5.41, 5.74) is 5.15. The number of hydrogen-bond acceptors (Lipinski definition) is 3. The van der Waals surface area contributed by atoms with E-state index in [1.54, 1.807) is 0 Å². The van der Waals surface area contributed by atoms with Crippen LogP contribution in [0.25, 0.3) is 0 Å². The zero-order chi connectivity index (χ0) is 15.8. The third kappa shape index (κ3) is 3.37. The highest BCUT2D eigenvalue weighted by atomic mass is 35.5. The van der Waals surface area contributed by atoms with Crippen LogP contribution in [0.5, 0.6) is 0 Å². The number of nitrogen functional groups attached to an aromatic ring is 1. The maximum atomic E-state index is 13.6. The number of hydrogen-bond donors (Lipinski definition) is 2. The topological polar surface area (TPSA) is 72.2 Å². The standard InChI is InChI=1S/C12H8Cl2F2N2O2S/c13-8-2-1-7(5-9(8)14)18-21(19,20)11-4-6(17)3-10(15)12(11)16/h1-5,18H,17H2. The van der Waals surface area contributed by atoms with Gasteiger partial charge in [-0.1, -0.05) is 23.2 Å². The highest BCUT2D eigenvalue weighted by Crippen LogP contribution is 2.28. The van der Waals surface area contributed by atoms with Crippen LogP contribution in [0.15, 0.2) is 35.2 Å². The zero-order valence-electron chi connectivity index (χ0n) is 10.2. The second kappa shape index (κ2) is 5.67. The van der Waals surface area contributed by atoms with Crippen molar-refractivity contribution in [1.29, 1.82) is 0 Å². The normalized spacial score (nSPS) is 11.4. The van der Waals surface area contributed by atoms with E-state index in [2.05, 4.69) is 4.72 Å². The monoisotopic (exact) mass is 352 g/mol. The first-order chi connectivity index (χ1) is 9.70. The van der Waals surface area contributed by atoms with E-state index in [4.69, 9.17) is 28.9 Å². The summed E-state index contributed by atoms with van der Waals surface area (Å²) in [5, 5.41) is 0.330. The SMILES string of the molecule is Nc1cc(F)c(F)c(S(=O)(=O)Nc2ccc(Cl)c(Cl)c2)c1. The van der Waals surface area contributed by atoms with Crippen molar-refractivity contribution in [2.45, 2.75) is 4.90 Å². The van der Waals surface area contributed by atoms with Gasteiger partial charge in [0.25, 0.3) is 10.0 Å². The highest BCUT2D eigenvalue weighted by Gasteiger charge is 2.23. The first-order valence-corrected chi connectivity index (χ1v) is 7.67. The number of sulfonamides is 1. The second-order valence-electron chi connectivity index (χ2n) is 4.05. The van der Waals surface area contributed by atoms with Crippen LogP contribution in [0.3, 0.4) is 0 Å². The molecule has 0 aliphatic rings. The van der Waals surface area contributed by atoms with Gasteiger partial charge < -0.3 is 5.73 Å². The van der Waals surface area contributed by atoms with Crippen LogP contribution in [-0.4, -0.2) is 8.42 Å². The molecule has 0 spiro atoms. The molecule has 112 valence electrons. The van der Waals surface area contributed by atoms with Crippen LogP contribution in [0, 0.1) is 11.6 Å². The molecule has 0 aliphatic heterocycles. The number of benzene rings is 2. The molecule has 0 unspecified atom stereocenters. The Labute approximate surface area is 129 Å². The van der Waals surface area contributed by atoms with Crippen molar-refractivity contribution in [3.8, 4) is 0 Å². The molecule has 0 atom stereocenters. The van der Waals surface area contributed by atoms with Crippen molar-refractivity contribution in [2.75, 3.05) is 10.5 Å². The van der Waals surface area contributed by atoms with E-state index in [0.29, 0.717) is 6.07 Å². The molecule has 0 fully saturated rings. The Hall–Kier alpha value is -1.57. The molecule has 0 saturated heterocycles. The number of nitrogens with two attached hydrogens (primary N) is 1. The Bertz CT molecular complexity index is 813. The molecule has 0 heterocycles. The molecule has 4 nitrogen and oxygen atoms in total. The van der Waals surface area contributed by atoms with Gasteiger partial charge >= 0.3 is 0 Å². The predicted octanol–water partition coefficient (Wildman–Crippen LogP) is 3.65. The highest BCUT2D eigenvalue weighted by molar-refractivity contribution is 7.92. The lowest BCUT2D eigenvalue weighted by atomic mass is 10.3. The fourth-order valence-electron chi connectivity index (χ4n) is 1.55. The quantitative estimate of drug-likeness (QED) is 0.828. The van der Waals surface area contributed by atoms with E-state index in [-0.39, 0.29) is 21.4 Å². The van der Waals surface area contributed by atoms with Gasteiger partial charge in [0, 0.05) is 5.69 Å². The zero-order valence-corrected chi connectivity index (χ0v) is 12.5. The lowest BCUT2D eigenvalue weighted by Crippen LogP contribution is -2.16. The molecule has 2 rings (SSSR count). The van der Waals surface area contributed by atoms with Gasteiger partial charge in [-0.05, 0) is 30.3 Å². The van der Waals surface area contributed by atoms with Crippen molar-refractivity contribution in [3.05, 3.63) is 52.0 Å². The van der Waals surface area contributed by atoms with Crippen molar-refractivity contribution < 1.29 is 17.2 Å². The summed E-state index contributed by atoms with van der Waals surface area (Å²) in [5.74, 6) is -2.87. The molecule has 2 aromatic carbocycles. The molecule has 0 saturated carbocycles. The third-order valence-corrected chi connectivity index (χ3v) is 4.60. The van der Waals surface area contributed by atoms with E-state index in [9.17, 15) is 17.2 Å². The van der Waals surface area contributed by atoms with Crippen LogP contribution in [0.4, 0.5) is 20.2 Å². The average molecular weight is 353 g/mol. The molecule has 0 radical (unpaired) electrons. The Morgan fingerprint density at radius 2 is 1.71 bits per heavy atom. The smallest absolute Gasteiger partial charge is 0.265 e. The van der Waals surface area contributed by atoms with Crippen LogP contribution < -0.4 is 10.5 Å².